The molecule has 0 unspecified atom stereocenters. The lowest BCUT2D eigenvalue weighted by atomic mass is 9.85. The molecule has 0 aliphatic heterocycles. The van der Waals surface area contributed by atoms with Gasteiger partial charge in [0.15, 0.2) is 5.78 Å². The van der Waals surface area contributed by atoms with Crippen LogP contribution >= 0.6 is 0 Å². The van der Waals surface area contributed by atoms with Crippen LogP contribution in [0.5, 0.6) is 0 Å². The first-order chi connectivity index (χ1) is 4.04. The van der Waals surface area contributed by atoms with Gasteiger partial charge in [0.1, 0.15) is 0 Å². The van der Waals surface area contributed by atoms with Crippen LogP contribution in [-0.2, 0) is 4.79 Å². The van der Waals surface area contributed by atoms with E-state index >= 15 is 0 Å². The first kappa shape index (κ1) is 8.41. The summed E-state index contributed by atoms with van der Waals surface area (Å²) in [5.74, 6) is 0.130. The third kappa shape index (κ3) is 2.00. The van der Waals surface area contributed by atoms with Crippen LogP contribution in [0.15, 0.2) is 12.7 Å². The van der Waals surface area contributed by atoms with Crippen LogP contribution < -0.4 is 0 Å². The number of rotatable bonds is 3. The minimum Gasteiger partial charge on any atom is -0.294 e. The molecule has 1 heteroatoms. The van der Waals surface area contributed by atoms with Gasteiger partial charge in [-0.2, -0.15) is 0 Å². The van der Waals surface area contributed by atoms with Crippen LogP contribution in [-0.4, -0.2) is 5.78 Å². The highest BCUT2D eigenvalue weighted by molar-refractivity contribution is 5.93. The lowest BCUT2D eigenvalue weighted by Crippen LogP contribution is -2.20. The Balaban J connectivity index is 4.13. The van der Waals surface area contributed by atoms with Crippen molar-refractivity contribution in [1.82, 2.24) is 0 Å². The van der Waals surface area contributed by atoms with E-state index in [4.69, 9.17) is 0 Å². The Morgan fingerprint density at radius 2 is 2.11 bits per heavy atom. The molecule has 0 saturated carbocycles. The zero-order valence-electron chi connectivity index (χ0n) is 6.40. The molecular weight excluding hydrogens is 112 g/mol. The summed E-state index contributed by atoms with van der Waals surface area (Å²) in [5.41, 5.74) is -0.207. The first-order valence-corrected chi connectivity index (χ1v) is 3.21. The molecule has 0 spiro atoms. The van der Waals surface area contributed by atoms with Crippen molar-refractivity contribution < 1.29 is 4.79 Å². The molecule has 0 aliphatic rings. The molecule has 0 amide bonds. The second kappa shape index (κ2) is 2.81. The molecule has 0 rings (SSSR count). The standard InChI is InChI=1S/C8H14O/c1-5-7(9)8(3,4)6-2/h5H,1,6H2,2-4H3. The summed E-state index contributed by atoms with van der Waals surface area (Å²) < 4.78 is 0. The van der Waals surface area contributed by atoms with E-state index in [1.807, 2.05) is 20.8 Å². The topological polar surface area (TPSA) is 17.1 Å². The molecule has 9 heavy (non-hydrogen) atoms. The summed E-state index contributed by atoms with van der Waals surface area (Å²) in [4.78, 5) is 10.9. The van der Waals surface area contributed by atoms with Crippen molar-refractivity contribution in [2.24, 2.45) is 5.41 Å². The maximum atomic E-state index is 10.9. The summed E-state index contributed by atoms with van der Waals surface area (Å²) in [6.07, 6.45) is 2.27. The van der Waals surface area contributed by atoms with Gasteiger partial charge in [0.05, 0.1) is 0 Å². The van der Waals surface area contributed by atoms with Crippen LogP contribution in [0.2, 0.25) is 0 Å². The SMILES string of the molecule is C=CC(=O)C(C)(C)CC. The Morgan fingerprint density at radius 1 is 1.67 bits per heavy atom. The molecule has 0 fully saturated rings. The highest BCUT2D eigenvalue weighted by Gasteiger charge is 2.21. The van der Waals surface area contributed by atoms with Crippen molar-refractivity contribution in [2.45, 2.75) is 27.2 Å². The van der Waals surface area contributed by atoms with Crippen molar-refractivity contribution >= 4 is 5.78 Å². The van der Waals surface area contributed by atoms with Gasteiger partial charge in [0.2, 0.25) is 0 Å². The molecule has 0 heterocycles. The predicted octanol–water partition coefficient (Wildman–Crippen LogP) is 2.18. The number of hydrogen-bond acceptors (Lipinski definition) is 1. The van der Waals surface area contributed by atoms with Crippen molar-refractivity contribution in [1.29, 1.82) is 0 Å². The minimum atomic E-state index is -0.207. The minimum absolute atomic E-state index is 0.130. The Labute approximate surface area is 56.8 Å². The Morgan fingerprint density at radius 3 is 2.22 bits per heavy atom. The average molecular weight is 126 g/mol. The van der Waals surface area contributed by atoms with E-state index < -0.39 is 0 Å². The van der Waals surface area contributed by atoms with E-state index in [9.17, 15) is 4.79 Å². The second-order valence-corrected chi connectivity index (χ2v) is 2.81. The summed E-state index contributed by atoms with van der Waals surface area (Å²) in [6.45, 7) is 9.28. The number of ketones is 1. The smallest absolute Gasteiger partial charge is 0.160 e. The third-order valence-corrected chi connectivity index (χ3v) is 1.74. The predicted molar refractivity (Wildman–Crippen MR) is 39.3 cm³/mol. The van der Waals surface area contributed by atoms with E-state index in [1.165, 1.54) is 6.08 Å². The molecule has 0 aromatic rings. The summed E-state index contributed by atoms with van der Waals surface area (Å²) in [5, 5.41) is 0. The largest absolute Gasteiger partial charge is 0.294 e. The summed E-state index contributed by atoms with van der Waals surface area (Å²) >= 11 is 0. The summed E-state index contributed by atoms with van der Waals surface area (Å²) in [6, 6.07) is 0. The average Bonchev–Trinajstić information content (AvgIpc) is 1.86. The second-order valence-electron chi connectivity index (χ2n) is 2.81. The number of hydrogen-bond donors (Lipinski definition) is 0. The molecule has 0 aromatic carbocycles. The molecule has 0 atom stereocenters. The molecule has 0 radical (unpaired) electrons. The van der Waals surface area contributed by atoms with Crippen LogP contribution in [0, 0.1) is 5.41 Å². The van der Waals surface area contributed by atoms with Crippen LogP contribution in [0.25, 0.3) is 0 Å². The fourth-order valence-electron chi connectivity index (χ4n) is 0.451. The quantitative estimate of drug-likeness (QED) is 0.530. The molecular formula is C8H14O. The zero-order chi connectivity index (χ0) is 7.49. The molecule has 0 bridgehead atoms. The zero-order valence-corrected chi connectivity index (χ0v) is 6.40. The lowest BCUT2D eigenvalue weighted by molar-refractivity contribution is -0.122. The molecule has 52 valence electrons. The normalized spacial score (nSPS) is 11.0. The lowest BCUT2D eigenvalue weighted by Gasteiger charge is -2.17. The molecule has 0 aliphatic carbocycles. The van der Waals surface area contributed by atoms with Crippen molar-refractivity contribution in [3.05, 3.63) is 12.7 Å². The van der Waals surface area contributed by atoms with Gasteiger partial charge in [-0.3, -0.25) is 4.79 Å². The fraction of sp³-hybridized carbons (Fsp3) is 0.625. The van der Waals surface area contributed by atoms with Gasteiger partial charge in [0, 0.05) is 5.41 Å². The van der Waals surface area contributed by atoms with E-state index in [0.717, 1.165) is 6.42 Å². The molecule has 0 aromatic heterocycles. The van der Waals surface area contributed by atoms with Crippen molar-refractivity contribution in [3.63, 3.8) is 0 Å². The van der Waals surface area contributed by atoms with E-state index in [1.54, 1.807) is 0 Å². The molecule has 0 N–H and O–H groups in total. The van der Waals surface area contributed by atoms with Crippen LogP contribution in [0.1, 0.15) is 27.2 Å². The monoisotopic (exact) mass is 126 g/mol. The van der Waals surface area contributed by atoms with Crippen LogP contribution in [0.3, 0.4) is 0 Å². The first-order valence-electron chi connectivity index (χ1n) is 3.21. The number of carbonyl (C=O) groups excluding carboxylic acids is 1. The van der Waals surface area contributed by atoms with E-state index in [0.29, 0.717) is 0 Å². The highest BCUT2D eigenvalue weighted by atomic mass is 16.1. The molecule has 0 saturated heterocycles. The van der Waals surface area contributed by atoms with Crippen molar-refractivity contribution in [2.75, 3.05) is 0 Å². The Bertz CT molecular complexity index is 123. The van der Waals surface area contributed by atoms with Gasteiger partial charge in [0.25, 0.3) is 0 Å². The van der Waals surface area contributed by atoms with Gasteiger partial charge in [-0.05, 0) is 12.5 Å². The van der Waals surface area contributed by atoms with Gasteiger partial charge >= 0.3 is 0 Å². The Kier molecular flexibility index (Phi) is 2.63. The molecule has 1 nitrogen and oxygen atoms in total. The van der Waals surface area contributed by atoms with Gasteiger partial charge in [-0.15, -0.1) is 0 Å². The van der Waals surface area contributed by atoms with Gasteiger partial charge in [-0.1, -0.05) is 27.4 Å². The van der Waals surface area contributed by atoms with Crippen molar-refractivity contribution in [3.8, 4) is 0 Å². The van der Waals surface area contributed by atoms with Gasteiger partial charge < -0.3 is 0 Å². The maximum absolute atomic E-state index is 10.9. The third-order valence-electron chi connectivity index (χ3n) is 1.74. The van der Waals surface area contributed by atoms with E-state index in [-0.39, 0.29) is 11.2 Å². The Hall–Kier alpha value is -0.590. The number of carbonyl (C=O) groups is 1. The summed E-state index contributed by atoms with van der Waals surface area (Å²) in [7, 11) is 0. The van der Waals surface area contributed by atoms with Gasteiger partial charge in [-0.25, -0.2) is 0 Å². The van der Waals surface area contributed by atoms with E-state index in [2.05, 4.69) is 6.58 Å². The number of allylic oxidation sites excluding steroid dienone is 1. The highest BCUT2D eigenvalue weighted by Crippen LogP contribution is 2.20. The maximum Gasteiger partial charge on any atom is 0.160 e. The fourth-order valence-corrected chi connectivity index (χ4v) is 0.451. The van der Waals surface area contributed by atoms with Crippen LogP contribution in [0.4, 0.5) is 0 Å².